The second-order valence-corrected chi connectivity index (χ2v) is 10.0. The van der Waals surface area contributed by atoms with Crippen LogP contribution in [0.25, 0.3) is 10.8 Å². The number of benzene rings is 2. The number of likely N-dealkylation sites (tertiary alicyclic amines) is 1. The van der Waals surface area contributed by atoms with Crippen molar-refractivity contribution >= 4 is 34.2 Å². The van der Waals surface area contributed by atoms with E-state index in [4.69, 9.17) is 4.74 Å². The monoisotopic (exact) mass is 492 g/mol. The van der Waals surface area contributed by atoms with Crippen LogP contribution < -0.4 is 4.90 Å². The molecule has 0 aliphatic carbocycles. The van der Waals surface area contributed by atoms with Crippen LogP contribution in [0.4, 0.5) is 5.69 Å². The van der Waals surface area contributed by atoms with Crippen molar-refractivity contribution in [2.24, 2.45) is 11.8 Å². The molecule has 8 nitrogen and oxygen atoms in total. The Morgan fingerprint density at radius 2 is 1.97 bits per heavy atom. The van der Waals surface area contributed by atoms with Gasteiger partial charge in [0.2, 0.25) is 5.91 Å². The summed E-state index contributed by atoms with van der Waals surface area (Å²) in [4.78, 5) is 43.6. The van der Waals surface area contributed by atoms with Gasteiger partial charge in [-0.05, 0) is 48.6 Å². The SMILES string of the molecule is C=CCN(C(=O)C1N(CCCO)C(=O)[C@@H]2[C@H](C(=O)O)[C@]3(CC)CCC12O3)c1ccc2ccccc2c1. The minimum atomic E-state index is -1.21. The Balaban J connectivity index is 1.60. The summed E-state index contributed by atoms with van der Waals surface area (Å²) in [5.41, 5.74) is -1.50. The summed E-state index contributed by atoms with van der Waals surface area (Å²) in [6.45, 7) is 5.94. The van der Waals surface area contributed by atoms with E-state index in [2.05, 4.69) is 6.58 Å². The van der Waals surface area contributed by atoms with Gasteiger partial charge in [-0.3, -0.25) is 14.4 Å². The van der Waals surface area contributed by atoms with Crippen LogP contribution in [0.3, 0.4) is 0 Å². The molecule has 3 aliphatic heterocycles. The summed E-state index contributed by atoms with van der Waals surface area (Å²) in [7, 11) is 0. The number of carbonyl (C=O) groups excluding carboxylic acids is 2. The summed E-state index contributed by atoms with van der Waals surface area (Å²) in [6, 6.07) is 12.6. The van der Waals surface area contributed by atoms with Crippen molar-refractivity contribution in [2.75, 3.05) is 24.6 Å². The Kier molecular flexibility index (Phi) is 6.12. The highest BCUT2D eigenvalue weighted by atomic mass is 16.5. The predicted octanol–water partition coefficient (Wildman–Crippen LogP) is 2.98. The summed E-state index contributed by atoms with van der Waals surface area (Å²) >= 11 is 0. The van der Waals surface area contributed by atoms with E-state index in [0.717, 1.165) is 10.8 Å². The van der Waals surface area contributed by atoms with Crippen molar-refractivity contribution in [2.45, 2.75) is 49.9 Å². The Labute approximate surface area is 210 Å². The lowest BCUT2D eigenvalue weighted by Crippen LogP contribution is -2.56. The maximum atomic E-state index is 14.4. The van der Waals surface area contributed by atoms with E-state index < -0.39 is 35.0 Å². The van der Waals surface area contributed by atoms with Gasteiger partial charge in [-0.25, -0.2) is 0 Å². The summed E-state index contributed by atoms with van der Waals surface area (Å²) < 4.78 is 6.56. The first kappa shape index (κ1) is 24.5. The van der Waals surface area contributed by atoms with Crippen molar-refractivity contribution in [3.05, 3.63) is 55.1 Å². The van der Waals surface area contributed by atoms with Gasteiger partial charge < -0.3 is 24.7 Å². The number of aliphatic hydroxyl groups is 1. The molecule has 2 aromatic rings. The van der Waals surface area contributed by atoms with Crippen LogP contribution in [0.2, 0.25) is 0 Å². The fraction of sp³-hybridized carbons (Fsp3) is 0.464. The molecule has 3 saturated heterocycles. The number of ether oxygens (including phenoxy) is 1. The van der Waals surface area contributed by atoms with Gasteiger partial charge in [0.15, 0.2) is 0 Å². The average molecular weight is 493 g/mol. The van der Waals surface area contributed by atoms with Crippen LogP contribution in [0.15, 0.2) is 55.1 Å². The first-order chi connectivity index (χ1) is 17.3. The highest BCUT2D eigenvalue weighted by Crippen LogP contribution is 2.64. The molecule has 0 radical (unpaired) electrons. The normalized spacial score (nSPS) is 30.6. The molecule has 2 aromatic carbocycles. The largest absolute Gasteiger partial charge is 0.481 e. The molecule has 2 bridgehead atoms. The smallest absolute Gasteiger partial charge is 0.310 e. The molecule has 190 valence electrons. The van der Waals surface area contributed by atoms with E-state index in [0.29, 0.717) is 24.9 Å². The van der Waals surface area contributed by atoms with Gasteiger partial charge in [0.1, 0.15) is 17.6 Å². The van der Waals surface area contributed by atoms with Crippen LogP contribution in [-0.4, -0.2) is 69.8 Å². The fourth-order valence-electron chi connectivity index (χ4n) is 6.80. The molecule has 3 fully saturated rings. The lowest BCUT2D eigenvalue weighted by molar-refractivity contribution is -0.155. The number of hydrogen-bond acceptors (Lipinski definition) is 5. The molecule has 8 heteroatoms. The molecule has 3 aliphatic rings. The summed E-state index contributed by atoms with van der Waals surface area (Å²) in [6.07, 6.45) is 3.30. The molecule has 1 spiro atoms. The number of fused-ring (bicyclic) bond motifs is 2. The maximum absolute atomic E-state index is 14.4. The molecule has 0 saturated carbocycles. The zero-order valence-corrected chi connectivity index (χ0v) is 20.4. The Morgan fingerprint density at radius 1 is 1.22 bits per heavy atom. The topological polar surface area (TPSA) is 107 Å². The highest BCUT2D eigenvalue weighted by molar-refractivity contribution is 6.05. The standard InChI is InChI=1S/C28H32N2O6/c1-3-14-29(20-11-10-18-8-5-6-9-19(18)17-20)25(33)23-28-13-12-27(4-2,36-28)22(26(34)35)21(28)24(32)30(23)15-7-16-31/h3,5-6,8-11,17,21-23,31H,1,4,7,12-16H2,2H3,(H,34,35)/t21-,22+,23?,27-,28?/m0/s1. The third-order valence-electron chi connectivity index (χ3n) is 8.36. The minimum Gasteiger partial charge on any atom is -0.481 e. The number of aliphatic hydroxyl groups excluding tert-OH is 1. The number of carboxylic acid groups (broad SMARTS) is 1. The van der Waals surface area contributed by atoms with Crippen LogP contribution >= 0.6 is 0 Å². The van der Waals surface area contributed by atoms with Gasteiger partial charge in [-0.1, -0.05) is 43.3 Å². The second kappa shape index (κ2) is 9.01. The van der Waals surface area contributed by atoms with Crippen LogP contribution in [0, 0.1) is 11.8 Å². The first-order valence-corrected chi connectivity index (χ1v) is 12.6. The third-order valence-corrected chi connectivity index (χ3v) is 8.36. The quantitative estimate of drug-likeness (QED) is 0.521. The Morgan fingerprint density at radius 3 is 2.64 bits per heavy atom. The molecule has 2 amide bonds. The van der Waals surface area contributed by atoms with Crippen molar-refractivity contribution < 1.29 is 29.3 Å². The van der Waals surface area contributed by atoms with E-state index in [1.54, 1.807) is 11.0 Å². The van der Waals surface area contributed by atoms with Crippen LogP contribution in [-0.2, 0) is 19.1 Å². The molecular weight excluding hydrogens is 460 g/mol. The number of hydrogen-bond donors (Lipinski definition) is 2. The molecule has 5 rings (SSSR count). The lowest BCUT2D eigenvalue weighted by atomic mass is 9.65. The van der Waals surface area contributed by atoms with Crippen molar-refractivity contribution in [1.29, 1.82) is 0 Å². The third kappa shape index (κ3) is 3.38. The number of nitrogens with zero attached hydrogens (tertiary/aromatic N) is 2. The van der Waals surface area contributed by atoms with Gasteiger partial charge in [0.25, 0.3) is 5.91 Å². The number of amides is 2. The molecule has 2 N–H and O–H groups in total. The van der Waals surface area contributed by atoms with Gasteiger partial charge in [0, 0.05) is 25.4 Å². The molecule has 36 heavy (non-hydrogen) atoms. The van der Waals surface area contributed by atoms with E-state index in [1.165, 1.54) is 4.90 Å². The predicted molar refractivity (Wildman–Crippen MR) is 134 cm³/mol. The van der Waals surface area contributed by atoms with Crippen molar-refractivity contribution in [3.8, 4) is 0 Å². The zero-order valence-electron chi connectivity index (χ0n) is 20.4. The number of carbonyl (C=O) groups is 3. The summed E-state index contributed by atoms with van der Waals surface area (Å²) in [5.74, 6) is -3.70. The second-order valence-electron chi connectivity index (χ2n) is 10.0. The average Bonchev–Trinajstić information content (AvgIpc) is 3.49. The van der Waals surface area contributed by atoms with Crippen molar-refractivity contribution in [3.63, 3.8) is 0 Å². The molecular formula is C28H32N2O6. The van der Waals surface area contributed by atoms with Gasteiger partial charge in [-0.2, -0.15) is 0 Å². The van der Waals surface area contributed by atoms with E-state index >= 15 is 0 Å². The van der Waals surface area contributed by atoms with E-state index in [9.17, 15) is 24.6 Å². The number of anilines is 1. The van der Waals surface area contributed by atoms with Crippen molar-refractivity contribution in [1.82, 2.24) is 4.90 Å². The van der Waals surface area contributed by atoms with Gasteiger partial charge in [0.05, 0.1) is 11.5 Å². The first-order valence-electron chi connectivity index (χ1n) is 12.6. The fourth-order valence-corrected chi connectivity index (χ4v) is 6.80. The van der Waals surface area contributed by atoms with Gasteiger partial charge in [-0.15, -0.1) is 6.58 Å². The Bertz CT molecular complexity index is 1230. The molecule has 3 heterocycles. The van der Waals surface area contributed by atoms with E-state index in [1.807, 2.05) is 49.4 Å². The van der Waals surface area contributed by atoms with Crippen LogP contribution in [0.1, 0.15) is 32.6 Å². The lowest BCUT2D eigenvalue weighted by Gasteiger charge is -2.37. The van der Waals surface area contributed by atoms with Crippen LogP contribution in [0.5, 0.6) is 0 Å². The molecule has 5 atom stereocenters. The highest BCUT2D eigenvalue weighted by Gasteiger charge is 2.79. The van der Waals surface area contributed by atoms with Gasteiger partial charge >= 0.3 is 5.97 Å². The molecule has 2 unspecified atom stereocenters. The molecule has 0 aromatic heterocycles. The number of rotatable bonds is 9. The zero-order chi connectivity index (χ0) is 25.7. The maximum Gasteiger partial charge on any atom is 0.310 e. The summed E-state index contributed by atoms with van der Waals surface area (Å²) in [5, 5.41) is 21.7. The van der Waals surface area contributed by atoms with E-state index in [-0.39, 0.29) is 37.9 Å². The number of carboxylic acids is 1. The Hall–Kier alpha value is -3.23. The minimum absolute atomic E-state index is 0.147. The number of aliphatic carboxylic acids is 1.